The molecule has 64 heavy (non-hydrogen) atoms. The summed E-state index contributed by atoms with van der Waals surface area (Å²) < 4.78 is 16.7. The third-order valence-corrected chi connectivity index (χ3v) is 10.4. The molecule has 0 rings (SSSR count). The summed E-state index contributed by atoms with van der Waals surface area (Å²) in [4.78, 5) is 37.9. The van der Waals surface area contributed by atoms with E-state index in [4.69, 9.17) is 14.2 Å². The van der Waals surface area contributed by atoms with Gasteiger partial charge >= 0.3 is 17.9 Å². The number of esters is 3. The van der Waals surface area contributed by atoms with Gasteiger partial charge in [0.15, 0.2) is 6.10 Å². The van der Waals surface area contributed by atoms with Gasteiger partial charge < -0.3 is 14.2 Å². The van der Waals surface area contributed by atoms with Crippen LogP contribution in [0.25, 0.3) is 0 Å². The number of allylic oxidation sites excluding steroid dienone is 20. The normalized spacial score (nSPS) is 13.1. The van der Waals surface area contributed by atoms with Crippen LogP contribution in [0.2, 0.25) is 0 Å². The third-order valence-electron chi connectivity index (χ3n) is 10.4. The Morgan fingerprint density at radius 3 is 1.19 bits per heavy atom. The van der Waals surface area contributed by atoms with Crippen LogP contribution < -0.4 is 0 Å². The lowest BCUT2D eigenvalue weighted by Crippen LogP contribution is -2.30. The Morgan fingerprint density at radius 2 is 0.703 bits per heavy atom. The van der Waals surface area contributed by atoms with Crippen molar-refractivity contribution in [3.05, 3.63) is 122 Å². The first-order valence-electron chi connectivity index (χ1n) is 25.6. The molecule has 0 aliphatic carbocycles. The molecule has 0 N–H and O–H groups in total. The lowest BCUT2D eigenvalue weighted by Gasteiger charge is -2.18. The van der Waals surface area contributed by atoms with Crippen molar-refractivity contribution in [1.29, 1.82) is 0 Å². The Labute approximate surface area is 392 Å². The van der Waals surface area contributed by atoms with E-state index in [1.165, 1.54) is 83.5 Å². The fourth-order valence-electron chi connectivity index (χ4n) is 6.53. The molecule has 0 heterocycles. The molecule has 0 aromatic rings. The molecule has 1 unspecified atom stereocenters. The molecule has 0 aliphatic heterocycles. The lowest BCUT2D eigenvalue weighted by atomic mass is 10.1. The van der Waals surface area contributed by atoms with Crippen molar-refractivity contribution in [2.75, 3.05) is 13.2 Å². The Morgan fingerprint density at radius 1 is 0.344 bits per heavy atom. The molecule has 1 atom stereocenters. The van der Waals surface area contributed by atoms with E-state index < -0.39 is 6.10 Å². The van der Waals surface area contributed by atoms with Gasteiger partial charge in [-0.2, -0.15) is 0 Å². The van der Waals surface area contributed by atoms with Crippen LogP contribution in [0.15, 0.2) is 122 Å². The minimum absolute atomic E-state index is 0.128. The highest BCUT2D eigenvalue weighted by Gasteiger charge is 2.19. The number of rotatable bonds is 44. The maximum atomic E-state index is 12.8. The van der Waals surface area contributed by atoms with E-state index in [2.05, 4.69) is 63.3 Å². The number of ether oxygens (including phenoxy) is 3. The van der Waals surface area contributed by atoms with Crippen LogP contribution in [0, 0.1) is 0 Å². The van der Waals surface area contributed by atoms with Gasteiger partial charge in [-0.1, -0.05) is 226 Å². The van der Waals surface area contributed by atoms with Gasteiger partial charge in [0.05, 0.1) is 0 Å². The zero-order valence-corrected chi connectivity index (χ0v) is 41.0. The standard InChI is InChI=1S/C58H92O6/c1-4-7-10-13-16-19-22-25-27-28-29-30-31-34-36-39-42-45-48-51-57(60)63-54-55(53-62-56(59)50-47-44-41-38-35-32-24-21-18-15-12-9-6-3)64-58(61)52-49-46-43-40-37-33-26-23-20-17-14-11-8-5-2/h7,10,13,16,19,22,25,27-37,41,44,55H,4-6,8-9,11-12,14-15,17-18,20-21,23-24,26,38-40,42-43,45-54H2,1-3H3/b10-7-,16-13-,22-19-,27-25-,29-28+,31-30-,35-32-,36-34-,37-33-,44-41-. The van der Waals surface area contributed by atoms with Gasteiger partial charge in [-0.25, -0.2) is 0 Å². The van der Waals surface area contributed by atoms with E-state index in [-0.39, 0.29) is 50.4 Å². The van der Waals surface area contributed by atoms with Crippen molar-refractivity contribution in [2.24, 2.45) is 0 Å². The highest BCUT2D eigenvalue weighted by Crippen LogP contribution is 2.12. The Bertz CT molecular complexity index is 1390. The first-order chi connectivity index (χ1) is 31.5. The SMILES string of the molecule is CC\C=C/C=C\C=C/C=C\C=C\C=C/C=C\CCCCCC(=O)OCC(COC(=O)CC/C=C\C/C=C\CCCCCCCC)OC(=O)CCCCC/C=C\CCCCCCCCC. The fourth-order valence-corrected chi connectivity index (χ4v) is 6.53. The number of hydrogen-bond donors (Lipinski definition) is 0. The monoisotopic (exact) mass is 885 g/mol. The maximum absolute atomic E-state index is 12.8. The summed E-state index contributed by atoms with van der Waals surface area (Å²) >= 11 is 0. The van der Waals surface area contributed by atoms with Gasteiger partial charge in [0, 0.05) is 19.3 Å². The molecular weight excluding hydrogens is 793 g/mol. The molecule has 6 nitrogen and oxygen atoms in total. The summed E-state index contributed by atoms with van der Waals surface area (Å²) in [6, 6.07) is 0. The largest absolute Gasteiger partial charge is 0.462 e. The first kappa shape index (κ1) is 59.8. The zero-order chi connectivity index (χ0) is 46.5. The van der Waals surface area contributed by atoms with Crippen LogP contribution >= 0.6 is 0 Å². The highest BCUT2D eigenvalue weighted by molar-refractivity contribution is 5.71. The van der Waals surface area contributed by atoms with E-state index in [0.29, 0.717) is 12.8 Å². The van der Waals surface area contributed by atoms with Crippen molar-refractivity contribution in [3.63, 3.8) is 0 Å². The third kappa shape index (κ3) is 48.8. The van der Waals surface area contributed by atoms with Gasteiger partial charge in [-0.3, -0.25) is 14.4 Å². The average Bonchev–Trinajstić information content (AvgIpc) is 3.29. The molecule has 6 heteroatoms. The van der Waals surface area contributed by atoms with E-state index in [1.54, 1.807) is 0 Å². The smallest absolute Gasteiger partial charge is 0.306 e. The molecular formula is C58H92O6. The summed E-state index contributed by atoms with van der Waals surface area (Å²) in [5.74, 6) is -1.06. The summed E-state index contributed by atoms with van der Waals surface area (Å²) in [7, 11) is 0. The Balaban J connectivity index is 4.59. The van der Waals surface area contributed by atoms with Crippen LogP contribution in [0.3, 0.4) is 0 Å². The number of carbonyl (C=O) groups is 3. The van der Waals surface area contributed by atoms with Crippen LogP contribution in [0.1, 0.15) is 207 Å². The van der Waals surface area contributed by atoms with Gasteiger partial charge in [0.25, 0.3) is 0 Å². The molecule has 0 fully saturated rings. The van der Waals surface area contributed by atoms with Gasteiger partial charge in [0.1, 0.15) is 13.2 Å². The molecule has 0 aliphatic rings. The Kier molecular flexibility index (Phi) is 48.1. The second-order valence-corrected chi connectivity index (χ2v) is 16.5. The summed E-state index contributed by atoms with van der Waals surface area (Å²) in [5, 5.41) is 0. The van der Waals surface area contributed by atoms with E-state index in [0.717, 1.165) is 70.6 Å². The second-order valence-electron chi connectivity index (χ2n) is 16.5. The van der Waals surface area contributed by atoms with Crippen LogP contribution in [-0.4, -0.2) is 37.2 Å². The van der Waals surface area contributed by atoms with Crippen molar-refractivity contribution >= 4 is 17.9 Å². The van der Waals surface area contributed by atoms with Crippen molar-refractivity contribution in [3.8, 4) is 0 Å². The minimum atomic E-state index is -0.830. The number of unbranched alkanes of at least 4 members (excludes halogenated alkanes) is 19. The van der Waals surface area contributed by atoms with Crippen LogP contribution in [0.4, 0.5) is 0 Å². The zero-order valence-electron chi connectivity index (χ0n) is 41.0. The summed E-state index contributed by atoms with van der Waals surface area (Å²) in [5.41, 5.74) is 0. The minimum Gasteiger partial charge on any atom is -0.462 e. The topological polar surface area (TPSA) is 78.9 Å². The number of hydrogen-bond acceptors (Lipinski definition) is 6. The van der Waals surface area contributed by atoms with Crippen molar-refractivity contribution < 1.29 is 28.6 Å². The number of carbonyl (C=O) groups excluding carboxylic acids is 3. The van der Waals surface area contributed by atoms with E-state index in [1.807, 2.05) is 79.0 Å². The summed E-state index contributed by atoms with van der Waals surface area (Å²) in [6.07, 6.45) is 70.5. The predicted molar refractivity (Wildman–Crippen MR) is 274 cm³/mol. The lowest BCUT2D eigenvalue weighted by molar-refractivity contribution is -0.166. The fraction of sp³-hybridized carbons (Fsp3) is 0.603. The molecule has 0 saturated carbocycles. The highest BCUT2D eigenvalue weighted by atomic mass is 16.6. The molecule has 0 bridgehead atoms. The molecule has 0 amide bonds. The van der Waals surface area contributed by atoms with Gasteiger partial charge in [-0.15, -0.1) is 0 Å². The quantitative estimate of drug-likeness (QED) is 0.0199. The van der Waals surface area contributed by atoms with Gasteiger partial charge in [-0.05, 0) is 83.5 Å². The molecule has 0 aromatic carbocycles. The van der Waals surface area contributed by atoms with Crippen LogP contribution in [0.5, 0.6) is 0 Å². The summed E-state index contributed by atoms with van der Waals surface area (Å²) in [6.45, 7) is 6.35. The molecule has 0 radical (unpaired) electrons. The molecule has 360 valence electrons. The van der Waals surface area contributed by atoms with Crippen LogP contribution in [-0.2, 0) is 28.6 Å². The average molecular weight is 885 g/mol. The maximum Gasteiger partial charge on any atom is 0.306 e. The molecule has 0 spiro atoms. The molecule has 0 aromatic heterocycles. The molecule has 0 saturated heterocycles. The van der Waals surface area contributed by atoms with E-state index >= 15 is 0 Å². The van der Waals surface area contributed by atoms with Crippen molar-refractivity contribution in [2.45, 2.75) is 213 Å². The second kappa shape index (κ2) is 51.4. The van der Waals surface area contributed by atoms with E-state index in [9.17, 15) is 14.4 Å². The van der Waals surface area contributed by atoms with Crippen molar-refractivity contribution in [1.82, 2.24) is 0 Å². The van der Waals surface area contributed by atoms with Gasteiger partial charge in [0.2, 0.25) is 0 Å². The first-order valence-corrected chi connectivity index (χ1v) is 25.6. The predicted octanol–water partition coefficient (Wildman–Crippen LogP) is 16.9. The Hall–Kier alpha value is -4.19.